The Morgan fingerprint density at radius 1 is 1.08 bits per heavy atom. The second-order valence-corrected chi connectivity index (χ2v) is 11.7. The molecule has 208 valence electrons. The van der Waals surface area contributed by atoms with E-state index in [-0.39, 0.29) is 30.8 Å². The summed E-state index contributed by atoms with van der Waals surface area (Å²) in [6, 6.07) is 5.05. The molecule has 0 aromatic heterocycles. The van der Waals surface area contributed by atoms with Crippen LogP contribution in [0.3, 0.4) is 0 Å². The Bertz CT molecular complexity index is 1180. The van der Waals surface area contributed by atoms with E-state index in [9.17, 15) is 14.4 Å². The summed E-state index contributed by atoms with van der Waals surface area (Å²) in [5.41, 5.74) is 17.0. The van der Waals surface area contributed by atoms with E-state index in [4.69, 9.17) is 16.0 Å². The Balaban J connectivity index is 1.36. The van der Waals surface area contributed by atoms with Crippen molar-refractivity contribution in [3.05, 3.63) is 39.8 Å². The van der Waals surface area contributed by atoms with Crippen LogP contribution in [-0.4, -0.2) is 91.0 Å². The zero-order valence-corrected chi connectivity index (χ0v) is 22.3. The lowest BCUT2D eigenvalue weighted by molar-refractivity contribution is -0.139. The number of fused-ring (bicyclic) bond motifs is 1. The number of nitrogens with zero attached hydrogens (tertiary/aromatic N) is 6. The third-order valence-electron chi connectivity index (χ3n) is 9.41. The third-order valence-corrected chi connectivity index (χ3v) is 9.41. The number of Topliss-reactive ketones (excluding diaryl/α,β-unsaturated/α-hetero) is 1. The van der Waals surface area contributed by atoms with E-state index in [0.717, 1.165) is 70.0 Å². The Kier molecular flexibility index (Phi) is 7.22. The maximum Gasteiger partial charge on any atom is 0.249 e. The number of benzene rings is 1. The van der Waals surface area contributed by atoms with Crippen LogP contribution in [0, 0.1) is 5.92 Å². The summed E-state index contributed by atoms with van der Waals surface area (Å²) in [5.74, 6) is -1.52. The van der Waals surface area contributed by atoms with Gasteiger partial charge in [0.15, 0.2) is 5.78 Å². The molecular weight excluding hydrogens is 498 g/mol. The molecule has 1 aromatic rings. The van der Waals surface area contributed by atoms with Crippen molar-refractivity contribution in [2.45, 2.75) is 75.1 Å². The summed E-state index contributed by atoms with van der Waals surface area (Å²) < 4.78 is 5.66. The third kappa shape index (κ3) is 4.99. The molecule has 3 aliphatic heterocycles. The molecule has 3 saturated heterocycles. The van der Waals surface area contributed by atoms with Crippen molar-refractivity contribution < 1.29 is 19.1 Å². The maximum atomic E-state index is 14.5. The fourth-order valence-corrected chi connectivity index (χ4v) is 7.27. The number of amides is 2. The van der Waals surface area contributed by atoms with Crippen LogP contribution in [0.25, 0.3) is 10.4 Å². The minimum absolute atomic E-state index is 0.0284. The van der Waals surface area contributed by atoms with Crippen LogP contribution in [-0.2, 0) is 14.3 Å². The molecule has 2 amide bonds. The van der Waals surface area contributed by atoms with Crippen LogP contribution in [0.1, 0.15) is 66.8 Å². The highest BCUT2D eigenvalue weighted by Gasteiger charge is 2.53. The zero-order valence-electron chi connectivity index (χ0n) is 22.3. The first-order valence-corrected chi connectivity index (χ1v) is 14.4. The molecule has 6 rings (SSSR count). The van der Waals surface area contributed by atoms with Crippen LogP contribution in [0.15, 0.2) is 23.3 Å². The minimum atomic E-state index is -0.769. The van der Waals surface area contributed by atoms with E-state index in [2.05, 4.69) is 19.8 Å². The number of azide groups is 1. The summed E-state index contributed by atoms with van der Waals surface area (Å²) in [7, 11) is 0. The number of ether oxygens (including phenoxy) is 1. The number of carbonyl (C=O) groups excluding carboxylic acids is 3. The standard InChI is InChI=1S/C28H37N7O4/c29-27(37)20-9-8-19(34-12-10-33(11-13-34)18-6-7-18)14-21(20)24(17-4-2-1-3-5-17)28(38)35-15-22(31-32-30)26-25(35)23(36)16-39-26/h8-9,14,17-18,22,24-26H,1-7,10-13,15-16H2,(H2,29,37)/t22-,24-,25+,26+/m0/s1. The molecule has 4 atom stereocenters. The molecule has 2 aliphatic carbocycles. The first-order valence-electron chi connectivity index (χ1n) is 14.4. The summed E-state index contributed by atoms with van der Waals surface area (Å²) in [6.07, 6.45) is 6.82. The van der Waals surface area contributed by atoms with Crippen molar-refractivity contribution in [3.8, 4) is 0 Å². The van der Waals surface area contributed by atoms with Gasteiger partial charge in [-0.25, -0.2) is 0 Å². The van der Waals surface area contributed by atoms with Gasteiger partial charge >= 0.3 is 0 Å². The fourth-order valence-electron chi connectivity index (χ4n) is 7.27. The van der Waals surface area contributed by atoms with Gasteiger partial charge in [-0.2, -0.15) is 0 Å². The number of piperazine rings is 1. The van der Waals surface area contributed by atoms with Crippen molar-refractivity contribution in [2.24, 2.45) is 16.8 Å². The van der Waals surface area contributed by atoms with Crippen LogP contribution in [0.5, 0.6) is 0 Å². The fraction of sp³-hybridized carbons (Fsp3) is 0.679. The molecular formula is C28H37N7O4. The summed E-state index contributed by atoms with van der Waals surface area (Å²) in [6.45, 7) is 3.82. The second kappa shape index (κ2) is 10.8. The van der Waals surface area contributed by atoms with E-state index in [0.29, 0.717) is 11.1 Å². The summed E-state index contributed by atoms with van der Waals surface area (Å²) >= 11 is 0. The molecule has 5 fully saturated rings. The molecule has 0 spiro atoms. The number of hydrogen-bond acceptors (Lipinski definition) is 7. The second-order valence-electron chi connectivity index (χ2n) is 11.7. The Morgan fingerprint density at radius 2 is 1.82 bits per heavy atom. The van der Waals surface area contributed by atoms with Gasteiger partial charge in [-0.1, -0.05) is 24.4 Å². The predicted octanol–water partition coefficient (Wildman–Crippen LogP) is 2.59. The van der Waals surface area contributed by atoms with Crippen LogP contribution in [0.2, 0.25) is 0 Å². The van der Waals surface area contributed by atoms with Crippen molar-refractivity contribution >= 4 is 23.3 Å². The number of ketones is 1. The molecule has 1 aromatic carbocycles. The smallest absolute Gasteiger partial charge is 0.249 e. The number of rotatable bonds is 7. The Morgan fingerprint density at radius 3 is 2.49 bits per heavy atom. The van der Waals surface area contributed by atoms with Gasteiger partial charge in [0.1, 0.15) is 12.6 Å². The molecule has 2 N–H and O–H groups in total. The van der Waals surface area contributed by atoms with Gasteiger partial charge in [-0.05, 0) is 60.9 Å². The van der Waals surface area contributed by atoms with Gasteiger partial charge in [-0.15, -0.1) is 0 Å². The van der Waals surface area contributed by atoms with Crippen molar-refractivity contribution in [1.29, 1.82) is 0 Å². The normalized spacial score (nSPS) is 28.7. The molecule has 0 radical (unpaired) electrons. The first kappa shape index (κ1) is 26.1. The summed E-state index contributed by atoms with van der Waals surface area (Å²) in [5, 5.41) is 3.85. The number of likely N-dealkylation sites (tertiary alicyclic amines) is 1. The topological polar surface area (TPSA) is 145 Å². The van der Waals surface area contributed by atoms with Crippen molar-refractivity contribution in [3.63, 3.8) is 0 Å². The van der Waals surface area contributed by atoms with Gasteiger partial charge in [0.2, 0.25) is 11.8 Å². The minimum Gasteiger partial charge on any atom is -0.369 e. The van der Waals surface area contributed by atoms with E-state index in [1.54, 1.807) is 11.0 Å². The lowest BCUT2D eigenvalue weighted by Gasteiger charge is -2.38. The van der Waals surface area contributed by atoms with Gasteiger partial charge in [0.25, 0.3) is 0 Å². The van der Waals surface area contributed by atoms with Crippen LogP contribution < -0.4 is 10.6 Å². The quantitative estimate of drug-likeness (QED) is 0.323. The molecule has 11 heteroatoms. The number of carbonyl (C=O) groups is 3. The highest BCUT2D eigenvalue weighted by atomic mass is 16.5. The van der Waals surface area contributed by atoms with Crippen molar-refractivity contribution in [1.82, 2.24) is 9.80 Å². The highest BCUT2D eigenvalue weighted by molar-refractivity contribution is 5.99. The van der Waals surface area contributed by atoms with Crippen LogP contribution in [0.4, 0.5) is 5.69 Å². The van der Waals surface area contributed by atoms with Crippen molar-refractivity contribution in [2.75, 3.05) is 44.2 Å². The number of anilines is 1. The number of primary amides is 1. The first-order chi connectivity index (χ1) is 19.0. The maximum absolute atomic E-state index is 14.5. The van der Waals surface area contributed by atoms with E-state index < -0.39 is 30.0 Å². The average Bonchev–Trinajstić information content (AvgIpc) is 3.64. The molecule has 2 saturated carbocycles. The predicted molar refractivity (Wildman–Crippen MR) is 144 cm³/mol. The summed E-state index contributed by atoms with van der Waals surface area (Å²) in [4.78, 5) is 49.4. The van der Waals surface area contributed by atoms with Gasteiger partial charge < -0.3 is 20.3 Å². The molecule has 3 heterocycles. The molecule has 0 unspecified atom stereocenters. The average molecular weight is 536 g/mol. The number of nitrogens with two attached hydrogens (primary N) is 1. The molecule has 0 bridgehead atoms. The van der Waals surface area contributed by atoms with Crippen LogP contribution >= 0.6 is 0 Å². The van der Waals surface area contributed by atoms with E-state index >= 15 is 0 Å². The Hall–Kier alpha value is -3.14. The van der Waals surface area contributed by atoms with Gasteiger partial charge in [0.05, 0.1) is 18.1 Å². The molecule has 5 aliphatic rings. The lowest BCUT2D eigenvalue weighted by Crippen LogP contribution is -2.47. The van der Waals surface area contributed by atoms with E-state index in [1.165, 1.54) is 12.8 Å². The monoisotopic (exact) mass is 535 g/mol. The van der Waals surface area contributed by atoms with E-state index in [1.807, 2.05) is 12.1 Å². The zero-order chi connectivity index (χ0) is 27.1. The van der Waals surface area contributed by atoms with Gasteiger partial charge in [0, 0.05) is 54.9 Å². The SMILES string of the molecule is [N-]=[N+]=N[C@H]1CN(C(=O)[C@H](c2cc(N3CCN(C4CC4)CC3)ccc2C(N)=O)C2CCCCC2)[C@@H]2C(=O)CO[C@H]12. The van der Waals surface area contributed by atoms with Gasteiger partial charge in [-0.3, -0.25) is 19.3 Å². The molecule has 39 heavy (non-hydrogen) atoms. The highest BCUT2D eigenvalue weighted by Crippen LogP contribution is 2.42. The lowest BCUT2D eigenvalue weighted by atomic mass is 9.74. The molecule has 11 nitrogen and oxygen atoms in total. The number of hydrogen-bond donors (Lipinski definition) is 1. The largest absolute Gasteiger partial charge is 0.369 e. The Labute approximate surface area is 228 Å².